The summed E-state index contributed by atoms with van der Waals surface area (Å²) in [6.07, 6.45) is 2.87. The second-order valence-corrected chi connectivity index (χ2v) is 6.58. The molecule has 1 nitrogen and oxygen atoms in total. The van der Waals surface area contributed by atoms with Gasteiger partial charge in [-0.2, -0.15) is 0 Å². The number of benzene rings is 2. The first-order valence-corrected chi connectivity index (χ1v) is 7.95. The van der Waals surface area contributed by atoms with Gasteiger partial charge in [-0.15, -0.1) is 0 Å². The fraction of sp³-hybridized carbons (Fsp3) is 0.400. The predicted octanol–water partition coefficient (Wildman–Crippen LogP) is 4.67. The lowest BCUT2D eigenvalue weighted by atomic mass is 9.75. The van der Waals surface area contributed by atoms with E-state index in [1.165, 1.54) is 5.56 Å². The van der Waals surface area contributed by atoms with Crippen LogP contribution in [0, 0.1) is 5.82 Å². The lowest BCUT2D eigenvalue weighted by molar-refractivity contribution is 0.308. The molecule has 0 aliphatic carbocycles. The quantitative estimate of drug-likeness (QED) is 0.718. The van der Waals surface area contributed by atoms with Crippen molar-refractivity contribution < 1.29 is 4.39 Å². The van der Waals surface area contributed by atoms with Crippen molar-refractivity contribution in [3.8, 4) is 0 Å². The Balaban J connectivity index is 2.19. The van der Waals surface area contributed by atoms with E-state index in [-0.39, 0.29) is 11.2 Å². The molecule has 22 heavy (non-hydrogen) atoms. The third-order valence-electron chi connectivity index (χ3n) is 4.44. The topological polar surface area (TPSA) is 3.24 Å². The molecular formula is C20H26FN. The Hall–Kier alpha value is -1.67. The summed E-state index contributed by atoms with van der Waals surface area (Å²) in [5, 5.41) is 0. The van der Waals surface area contributed by atoms with E-state index in [2.05, 4.69) is 50.2 Å². The molecule has 118 valence electrons. The third-order valence-corrected chi connectivity index (χ3v) is 4.44. The van der Waals surface area contributed by atoms with Crippen molar-refractivity contribution in [2.24, 2.45) is 0 Å². The Bertz CT molecular complexity index is 579. The summed E-state index contributed by atoms with van der Waals surface area (Å²) in [6.45, 7) is 3.15. The lowest BCUT2D eigenvalue weighted by Gasteiger charge is -2.32. The van der Waals surface area contributed by atoms with E-state index in [4.69, 9.17) is 0 Å². The molecule has 0 amide bonds. The van der Waals surface area contributed by atoms with Gasteiger partial charge in [-0.1, -0.05) is 55.5 Å². The third kappa shape index (κ3) is 4.41. The predicted molar refractivity (Wildman–Crippen MR) is 91.7 cm³/mol. The lowest BCUT2D eigenvalue weighted by Crippen LogP contribution is -2.29. The highest BCUT2D eigenvalue weighted by molar-refractivity contribution is 5.27. The molecular weight excluding hydrogens is 273 g/mol. The zero-order valence-electron chi connectivity index (χ0n) is 13.8. The summed E-state index contributed by atoms with van der Waals surface area (Å²) in [4.78, 5) is 2.17. The largest absolute Gasteiger partial charge is 0.309 e. The van der Waals surface area contributed by atoms with Gasteiger partial charge in [0.05, 0.1) is 0 Å². The Kier molecular flexibility index (Phi) is 5.73. The molecule has 2 rings (SSSR count). The van der Waals surface area contributed by atoms with E-state index in [0.29, 0.717) is 0 Å². The number of hydrogen-bond acceptors (Lipinski definition) is 1. The van der Waals surface area contributed by atoms with Crippen molar-refractivity contribution in [2.75, 3.05) is 20.6 Å². The average Bonchev–Trinajstić information content (AvgIpc) is 2.52. The molecule has 0 bridgehead atoms. The van der Waals surface area contributed by atoms with Gasteiger partial charge in [0.1, 0.15) is 5.82 Å². The first-order chi connectivity index (χ1) is 10.5. The van der Waals surface area contributed by atoms with E-state index >= 15 is 0 Å². The maximum atomic E-state index is 14.3. The SMILES string of the molecule is CN(C)CCC(C)(CCc1ccccc1)c1ccccc1F. The van der Waals surface area contributed by atoms with Gasteiger partial charge in [-0.25, -0.2) is 4.39 Å². The van der Waals surface area contributed by atoms with Crippen LogP contribution in [-0.2, 0) is 11.8 Å². The number of halogens is 1. The number of hydrogen-bond donors (Lipinski definition) is 0. The van der Waals surface area contributed by atoms with Crippen LogP contribution in [0.15, 0.2) is 54.6 Å². The summed E-state index contributed by atoms with van der Waals surface area (Å²) in [5.74, 6) is -0.0863. The molecule has 1 unspecified atom stereocenters. The fourth-order valence-electron chi connectivity index (χ4n) is 2.88. The van der Waals surface area contributed by atoms with E-state index in [1.54, 1.807) is 12.1 Å². The summed E-state index contributed by atoms with van der Waals surface area (Å²) >= 11 is 0. The Morgan fingerprint density at radius 2 is 1.55 bits per heavy atom. The minimum Gasteiger partial charge on any atom is -0.309 e. The molecule has 0 saturated carbocycles. The molecule has 0 saturated heterocycles. The molecule has 0 N–H and O–H groups in total. The van der Waals surface area contributed by atoms with Crippen LogP contribution >= 0.6 is 0 Å². The molecule has 2 aromatic rings. The average molecular weight is 299 g/mol. The van der Waals surface area contributed by atoms with Crippen LogP contribution in [0.4, 0.5) is 4.39 Å². The zero-order chi connectivity index (χ0) is 16.0. The Morgan fingerprint density at radius 1 is 0.909 bits per heavy atom. The summed E-state index contributed by atoms with van der Waals surface area (Å²) in [7, 11) is 4.14. The standard InChI is InChI=1S/C20H26FN/c1-20(15-16-22(2)3,18-11-7-8-12-19(18)21)14-13-17-9-5-4-6-10-17/h4-12H,13-16H2,1-3H3. The fourth-order valence-corrected chi connectivity index (χ4v) is 2.88. The van der Waals surface area contributed by atoms with Crippen molar-refractivity contribution in [3.05, 3.63) is 71.5 Å². The summed E-state index contributed by atoms with van der Waals surface area (Å²) < 4.78 is 14.3. The zero-order valence-corrected chi connectivity index (χ0v) is 13.8. The van der Waals surface area contributed by atoms with Gasteiger partial charge in [-0.05, 0) is 62.5 Å². The first-order valence-electron chi connectivity index (χ1n) is 7.95. The molecule has 2 heteroatoms. The van der Waals surface area contributed by atoms with Crippen molar-refractivity contribution in [3.63, 3.8) is 0 Å². The normalized spacial score (nSPS) is 14.0. The van der Waals surface area contributed by atoms with Crippen molar-refractivity contribution in [2.45, 2.75) is 31.6 Å². The molecule has 0 spiro atoms. The number of nitrogens with zero attached hydrogens (tertiary/aromatic N) is 1. The second-order valence-electron chi connectivity index (χ2n) is 6.58. The monoisotopic (exact) mass is 299 g/mol. The molecule has 0 aromatic heterocycles. The molecule has 2 aromatic carbocycles. The van der Waals surface area contributed by atoms with E-state index < -0.39 is 0 Å². The van der Waals surface area contributed by atoms with Crippen LogP contribution in [-0.4, -0.2) is 25.5 Å². The van der Waals surface area contributed by atoms with Gasteiger partial charge < -0.3 is 4.90 Å². The van der Waals surface area contributed by atoms with Gasteiger partial charge in [0.2, 0.25) is 0 Å². The minimum absolute atomic E-state index is 0.0863. The highest BCUT2D eigenvalue weighted by Gasteiger charge is 2.29. The molecule has 0 fully saturated rings. The minimum atomic E-state index is -0.147. The van der Waals surface area contributed by atoms with Crippen LogP contribution in [0.25, 0.3) is 0 Å². The van der Waals surface area contributed by atoms with Crippen molar-refractivity contribution >= 4 is 0 Å². The van der Waals surface area contributed by atoms with Gasteiger partial charge in [0.15, 0.2) is 0 Å². The van der Waals surface area contributed by atoms with Gasteiger partial charge in [0, 0.05) is 0 Å². The molecule has 0 aliphatic rings. The van der Waals surface area contributed by atoms with E-state index in [0.717, 1.165) is 31.4 Å². The smallest absolute Gasteiger partial charge is 0.126 e. The first kappa shape index (κ1) is 16.7. The van der Waals surface area contributed by atoms with Gasteiger partial charge in [-0.3, -0.25) is 0 Å². The summed E-state index contributed by atoms with van der Waals surface area (Å²) in [6, 6.07) is 17.7. The van der Waals surface area contributed by atoms with Gasteiger partial charge in [0.25, 0.3) is 0 Å². The van der Waals surface area contributed by atoms with Crippen LogP contribution in [0.5, 0.6) is 0 Å². The van der Waals surface area contributed by atoms with Crippen LogP contribution in [0.2, 0.25) is 0 Å². The Labute approximate surface area is 133 Å². The maximum absolute atomic E-state index is 14.3. The van der Waals surface area contributed by atoms with Crippen LogP contribution < -0.4 is 0 Å². The van der Waals surface area contributed by atoms with E-state index in [1.807, 2.05) is 18.2 Å². The molecule has 0 heterocycles. The van der Waals surface area contributed by atoms with Gasteiger partial charge >= 0.3 is 0 Å². The second kappa shape index (κ2) is 7.55. The summed E-state index contributed by atoms with van der Waals surface area (Å²) in [5.41, 5.74) is 2.01. The van der Waals surface area contributed by atoms with Crippen LogP contribution in [0.3, 0.4) is 0 Å². The maximum Gasteiger partial charge on any atom is 0.126 e. The van der Waals surface area contributed by atoms with Crippen molar-refractivity contribution in [1.29, 1.82) is 0 Å². The van der Waals surface area contributed by atoms with E-state index in [9.17, 15) is 4.39 Å². The highest BCUT2D eigenvalue weighted by atomic mass is 19.1. The number of rotatable bonds is 7. The molecule has 0 radical (unpaired) electrons. The van der Waals surface area contributed by atoms with Crippen molar-refractivity contribution in [1.82, 2.24) is 4.90 Å². The molecule has 0 aliphatic heterocycles. The van der Waals surface area contributed by atoms with Crippen LogP contribution in [0.1, 0.15) is 30.9 Å². The highest BCUT2D eigenvalue weighted by Crippen LogP contribution is 2.34. The molecule has 1 atom stereocenters. The Morgan fingerprint density at radius 3 is 2.18 bits per heavy atom. The number of aryl methyl sites for hydroxylation is 1.